The SMILES string of the molecule is COC(=O)CC(c1ccc(SC)cc1)c1oc2ccccc2c(=O)c1O. The van der Waals surface area contributed by atoms with Crippen LogP contribution in [0.5, 0.6) is 5.75 Å². The smallest absolute Gasteiger partial charge is 0.306 e. The van der Waals surface area contributed by atoms with Gasteiger partial charge in [0, 0.05) is 4.90 Å². The summed E-state index contributed by atoms with van der Waals surface area (Å²) < 4.78 is 10.6. The molecule has 26 heavy (non-hydrogen) atoms. The second kappa shape index (κ2) is 7.66. The molecule has 0 bridgehead atoms. The number of esters is 1. The molecule has 0 amide bonds. The van der Waals surface area contributed by atoms with Gasteiger partial charge in [0.25, 0.3) is 0 Å². The van der Waals surface area contributed by atoms with Crippen LogP contribution in [0, 0.1) is 0 Å². The van der Waals surface area contributed by atoms with Crippen LogP contribution < -0.4 is 5.43 Å². The van der Waals surface area contributed by atoms with Gasteiger partial charge < -0.3 is 14.3 Å². The number of carbonyl (C=O) groups is 1. The molecule has 0 radical (unpaired) electrons. The van der Waals surface area contributed by atoms with Crippen LogP contribution in [0.2, 0.25) is 0 Å². The molecule has 1 N–H and O–H groups in total. The Bertz CT molecular complexity index is 991. The predicted octanol–water partition coefficient (Wildman–Crippen LogP) is 3.92. The molecule has 5 nitrogen and oxygen atoms in total. The summed E-state index contributed by atoms with van der Waals surface area (Å²) in [7, 11) is 1.30. The number of ether oxygens (including phenoxy) is 1. The molecule has 134 valence electrons. The Morgan fingerprint density at radius 3 is 2.54 bits per heavy atom. The largest absolute Gasteiger partial charge is 0.502 e. The Kier molecular flexibility index (Phi) is 5.32. The number of fused-ring (bicyclic) bond motifs is 1. The van der Waals surface area contributed by atoms with E-state index in [-0.39, 0.29) is 12.2 Å². The van der Waals surface area contributed by atoms with Gasteiger partial charge >= 0.3 is 5.97 Å². The molecule has 2 aromatic carbocycles. The number of para-hydroxylation sites is 1. The van der Waals surface area contributed by atoms with Crippen LogP contribution in [0.1, 0.15) is 23.7 Å². The number of thioether (sulfide) groups is 1. The van der Waals surface area contributed by atoms with Gasteiger partial charge in [-0.3, -0.25) is 9.59 Å². The van der Waals surface area contributed by atoms with Gasteiger partial charge in [0.15, 0.2) is 5.76 Å². The summed E-state index contributed by atoms with van der Waals surface area (Å²) in [5.74, 6) is -1.50. The van der Waals surface area contributed by atoms with E-state index in [2.05, 4.69) is 0 Å². The third-order valence-electron chi connectivity index (χ3n) is 4.23. The predicted molar refractivity (Wildman–Crippen MR) is 101 cm³/mol. The molecule has 1 heterocycles. The Hall–Kier alpha value is -2.73. The minimum atomic E-state index is -0.629. The summed E-state index contributed by atoms with van der Waals surface area (Å²) in [6, 6.07) is 14.2. The molecule has 0 spiro atoms. The van der Waals surface area contributed by atoms with Crippen molar-refractivity contribution in [1.82, 2.24) is 0 Å². The van der Waals surface area contributed by atoms with E-state index >= 15 is 0 Å². The summed E-state index contributed by atoms with van der Waals surface area (Å²) in [4.78, 5) is 25.5. The number of carbonyl (C=O) groups excluding carboxylic acids is 1. The Morgan fingerprint density at radius 1 is 1.19 bits per heavy atom. The molecule has 0 saturated heterocycles. The van der Waals surface area contributed by atoms with Crippen molar-refractivity contribution in [3.05, 3.63) is 70.1 Å². The van der Waals surface area contributed by atoms with E-state index in [1.807, 2.05) is 30.5 Å². The van der Waals surface area contributed by atoms with Gasteiger partial charge in [-0.25, -0.2) is 0 Å². The molecule has 3 rings (SSSR count). The first-order valence-corrected chi connectivity index (χ1v) is 9.23. The van der Waals surface area contributed by atoms with Crippen molar-refractivity contribution in [3.63, 3.8) is 0 Å². The lowest BCUT2D eigenvalue weighted by molar-refractivity contribution is -0.140. The highest BCUT2D eigenvalue weighted by molar-refractivity contribution is 7.98. The molecule has 0 aliphatic rings. The molecular formula is C20H18O5S. The number of hydrogen-bond acceptors (Lipinski definition) is 6. The van der Waals surface area contributed by atoms with Crippen LogP contribution in [-0.4, -0.2) is 24.4 Å². The van der Waals surface area contributed by atoms with Crippen molar-refractivity contribution in [2.45, 2.75) is 17.2 Å². The molecule has 0 fully saturated rings. The van der Waals surface area contributed by atoms with E-state index in [1.54, 1.807) is 36.0 Å². The summed E-state index contributed by atoms with van der Waals surface area (Å²) in [5.41, 5.74) is 0.597. The second-order valence-corrected chi connectivity index (χ2v) is 6.63. The number of methoxy groups -OCH3 is 1. The average Bonchev–Trinajstić information content (AvgIpc) is 2.69. The molecule has 0 aliphatic carbocycles. The van der Waals surface area contributed by atoms with E-state index < -0.39 is 23.1 Å². The van der Waals surface area contributed by atoms with Gasteiger partial charge in [0.1, 0.15) is 5.58 Å². The molecule has 6 heteroatoms. The van der Waals surface area contributed by atoms with Gasteiger partial charge in [-0.05, 0) is 36.1 Å². The van der Waals surface area contributed by atoms with Crippen LogP contribution in [0.15, 0.2) is 62.6 Å². The molecule has 1 unspecified atom stereocenters. The first-order chi connectivity index (χ1) is 12.5. The van der Waals surface area contributed by atoms with Gasteiger partial charge in [-0.15, -0.1) is 11.8 Å². The Labute approximate surface area is 154 Å². The monoisotopic (exact) mass is 370 g/mol. The maximum Gasteiger partial charge on any atom is 0.306 e. The summed E-state index contributed by atoms with van der Waals surface area (Å²) >= 11 is 1.60. The van der Waals surface area contributed by atoms with Gasteiger partial charge in [0.2, 0.25) is 11.2 Å². The fourth-order valence-corrected chi connectivity index (χ4v) is 3.24. The highest BCUT2D eigenvalue weighted by atomic mass is 32.2. The van der Waals surface area contributed by atoms with Crippen LogP contribution in [0.3, 0.4) is 0 Å². The highest BCUT2D eigenvalue weighted by Gasteiger charge is 2.27. The third-order valence-corrected chi connectivity index (χ3v) is 4.98. The summed E-state index contributed by atoms with van der Waals surface area (Å²) in [5, 5.41) is 10.7. The zero-order valence-electron chi connectivity index (χ0n) is 14.4. The maximum atomic E-state index is 12.5. The summed E-state index contributed by atoms with van der Waals surface area (Å²) in [6.07, 6.45) is 1.92. The molecule has 1 aromatic heterocycles. The Balaban J connectivity index is 2.17. The fraction of sp³-hybridized carbons (Fsp3) is 0.200. The average molecular weight is 370 g/mol. The Morgan fingerprint density at radius 2 is 1.88 bits per heavy atom. The van der Waals surface area contributed by atoms with Crippen LogP contribution >= 0.6 is 11.8 Å². The molecule has 0 saturated carbocycles. The number of rotatable bonds is 5. The number of benzene rings is 2. The third kappa shape index (κ3) is 3.46. The zero-order valence-corrected chi connectivity index (χ0v) is 15.2. The van der Waals surface area contributed by atoms with E-state index in [0.29, 0.717) is 11.0 Å². The normalized spacial score (nSPS) is 12.1. The fourth-order valence-electron chi connectivity index (χ4n) is 2.83. The highest BCUT2D eigenvalue weighted by Crippen LogP contribution is 2.35. The van der Waals surface area contributed by atoms with E-state index in [9.17, 15) is 14.7 Å². The summed E-state index contributed by atoms with van der Waals surface area (Å²) in [6.45, 7) is 0. The van der Waals surface area contributed by atoms with Crippen LogP contribution in [-0.2, 0) is 9.53 Å². The minimum Gasteiger partial charge on any atom is -0.502 e. The van der Waals surface area contributed by atoms with Crippen LogP contribution in [0.25, 0.3) is 11.0 Å². The van der Waals surface area contributed by atoms with Gasteiger partial charge in [-0.1, -0.05) is 24.3 Å². The van der Waals surface area contributed by atoms with Crippen LogP contribution in [0.4, 0.5) is 0 Å². The molecule has 0 aliphatic heterocycles. The van der Waals surface area contributed by atoms with E-state index in [1.165, 1.54) is 7.11 Å². The van der Waals surface area contributed by atoms with Crippen molar-refractivity contribution in [3.8, 4) is 5.75 Å². The lowest BCUT2D eigenvalue weighted by Gasteiger charge is -2.17. The lowest BCUT2D eigenvalue weighted by Crippen LogP contribution is -2.13. The first-order valence-electron chi connectivity index (χ1n) is 8.00. The quantitative estimate of drug-likeness (QED) is 0.542. The van der Waals surface area contributed by atoms with Gasteiger partial charge in [-0.2, -0.15) is 0 Å². The zero-order chi connectivity index (χ0) is 18.7. The second-order valence-electron chi connectivity index (χ2n) is 5.75. The first kappa shape index (κ1) is 18.1. The van der Waals surface area contributed by atoms with Crippen molar-refractivity contribution in [1.29, 1.82) is 0 Å². The van der Waals surface area contributed by atoms with Gasteiger partial charge in [0.05, 0.1) is 24.8 Å². The standard InChI is InChI=1S/C20H18O5S/c1-24-17(21)11-15(12-7-9-13(26-2)10-8-12)20-19(23)18(22)14-5-3-4-6-16(14)25-20/h3-10,15,23H,11H2,1-2H3. The molecule has 3 aromatic rings. The number of aromatic hydroxyl groups is 1. The maximum absolute atomic E-state index is 12.5. The van der Waals surface area contributed by atoms with E-state index in [0.717, 1.165) is 10.5 Å². The topological polar surface area (TPSA) is 76.7 Å². The molecular weight excluding hydrogens is 352 g/mol. The van der Waals surface area contributed by atoms with Crippen molar-refractivity contribution in [2.24, 2.45) is 0 Å². The lowest BCUT2D eigenvalue weighted by atomic mass is 9.92. The van der Waals surface area contributed by atoms with Crippen molar-refractivity contribution >= 4 is 28.7 Å². The molecule has 1 atom stereocenters. The number of hydrogen-bond donors (Lipinski definition) is 1. The van der Waals surface area contributed by atoms with E-state index in [4.69, 9.17) is 9.15 Å². The minimum absolute atomic E-state index is 0.0516. The van der Waals surface area contributed by atoms with Crippen molar-refractivity contribution in [2.75, 3.05) is 13.4 Å². The van der Waals surface area contributed by atoms with Crippen molar-refractivity contribution < 1.29 is 19.1 Å².